The lowest BCUT2D eigenvalue weighted by Gasteiger charge is -2.40. The van der Waals surface area contributed by atoms with E-state index in [0.29, 0.717) is 13.0 Å². The molecule has 7 nitrogen and oxygen atoms in total. The largest absolute Gasteiger partial charge is 0.376 e. The minimum atomic E-state index is 0.149. The van der Waals surface area contributed by atoms with Crippen LogP contribution >= 0.6 is 0 Å². The van der Waals surface area contributed by atoms with E-state index >= 15 is 0 Å². The molecule has 1 aromatic heterocycles. The monoisotopic (exact) mass is 443 g/mol. The summed E-state index contributed by atoms with van der Waals surface area (Å²) in [5.41, 5.74) is 3.68. The topological polar surface area (TPSA) is 62.6 Å². The Balaban J connectivity index is 1.01. The van der Waals surface area contributed by atoms with Gasteiger partial charge in [-0.1, -0.05) is 6.42 Å². The number of ether oxygens (including phenoxy) is 1. The molecule has 5 rings (SSSR count). The van der Waals surface area contributed by atoms with E-state index in [4.69, 9.17) is 9.84 Å². The van der Waals surface area contributed by atoms with Crippen molar-refractivity contribution in [3.05, 3.63) is 17.0 Å². The Labute approximate surface area is 192 Å². The van der Waals surface area contributed by atoms with Gasteiger partial charge in [-0.2, -0.15) is 5.10 Å². The highest BCUT2D eigenvalue weighted by atomic mass is 16.5. The van der Waals surface area contributed by atoms with E-state index in [1.807, 2.05) is 0 Å². The van der Waals surface area contributed by atoms with Gasteiger partial charge in [0.15, 0.2) is 0 Å². The Kier molecular flexibility index (Phi) is 7.45. The highest BCUT2D eigenvalue weighted by Gasteiger charge is 2.28. The molecule has 4 aliphatic rings. The van der Waals surface area contributed by atoms with Crippen molar-refractivity contribution in [2.75, 3.05) is 45.9 Å². The van der Waals surface area contributed by atoms with Gasteiger partial charge in [-0.25, -0.2) is 0 Å². The van der Waals surface area contributed by atoms with Crippen LogP contribution < -0.4 is 5.32 Å². The molecule has 32 heavy (non-hydrogen) atoms. The molecule has 7 heteroatoms. The van der Waals surface area contributed by atoms with Crippen LogP contribution in [0, 0.1) is 5.92 Å². The number of hydrogen-bond donors (Lipinski definition) is 1. The molecule has 1 N–H and O–H groups in total. The second kappa shape index (κ2) is 10.7. The summed E-state index contributed by atoms with van der Waals surface area (Å²) in [5.74, 6) is 0.957. The second-order valence-corrected chi connectivity index (χ2v) is 10.3. The zero-order chi connectivity index (χ0) is 21.8. The van der Waals surface area contributed by atoms with Crippen molar-refractivity contribution >= 4 is 5.91 Å². The van der Waals surface area contributed by atoms with Gasteiger partial charge in [-0.3, -0.25) is 9.48 Å². The predicted octanol–water partition coefficient (Wildman–Crippen LogP) is 2.36. The average Bonchev–Trinajstić information content (AvgIpc) is 3.59. The average molecular weight is 444 g/mol. The van der Waals surface area contributed by atoms with E-state index < -0.39 is 0 Å². The van der Waals surface area contributed by atoms with Crippen molar-refractivity contribution in [1.29, 1.82) is 0 Å². The standard InChI is InChI=1S/C25H41N5O2/c31-25(26-11-16-28-14-8-21(9-15-28)29-12-2-1-3-13-29)7-6-23-22-19-32-17-10-24(22)30(27-23)18-20-4-5-20/h20-21H,1-19H2,(H,26,31). The lowest BCUT2D eigenvalue weighted by molar-refractivity contribution is -0.121. The molecular weight excluding hydrogens is 402 g/mol. The molecule has 0 atom stereocenters. The Hall–Kier alpha value is -1.44. The highest BCUT2D eigenvalue weighted by Crippen LogP contribution is 2.32. The van der Waals surface area contributed by atoms with Crippen molar-refractivity contribution in [2.24, 2.45) is 5.92 Å². The summed E-state index contributed by atoms with van der Waals surface area (Å²) in [7, 11) is 0. The molecule has 3 aliphatic heterocycles. The van der Waals surface area contributed by atoms with Crippen LogP contribution in [0.4, 0.5) is 0 Å². The van der Waals surface area contributed by atoms with E-state index in [1.54, 1.807) is 0 Å². The second-order valence-electron chi connectivity index (χ2n) is 10.3. The zero-order valence-corrected chi connectivity index (χ0v) is 19.7. The fourth-order valence-corrected chi connectivity index (χ4v) is 5.74. The van der Waals surface area contributed by atoms with Gasteiger partial charge in [0.05, 0.1) is 18.9 Å². The Morgan fingerprint density at radius 3 is 2.66 bits per heavy atom. The molecule has 1 saturated carbocycles. The molecule has 0 spiro atoms. The van der Waals surface area contributed by atoms with Crippen LogP contribution in [0.25, 0.3) is 0 Å². The van der Waals surface area contributed by atoms with Crippen LogP contribution in [0.15, 0.2) is 0 Å². The Bertz CT molecular complexity index is 761. The van der Waals surface area contributed by atoms with Crippen LogP contribution in [-0.2, 0) is 35.5 Å². The maximum absolute atomic E-state index is 12.5. The summed E-state index contributed by atoms with van der Waals surface area (Å²) in [6, 6.07) is 0.788. The van der Waals surface area contributed by atoms with Gasteiger partial charge in [0.1, 0.15) is 0 Å². The van der Waals surface area contributed by atoms with E-state index in [2.05, 4.69) is 19.8 Å². The lowest BCUT2D eigenvalue weighted by atomic mass is 10.00. The number of aryl methyl sites for hydroxylation is 1. The fourth-order valence-electron chi connectivity index (χ4n) is 5.74. The minimum absolute atomic E-state index is 0.149. The summed E-state index contributed by atoms with van der Waals surface area (Å²) in [6.07, 6.45) is 11.6. The molecule has 0 unspecified atom stereocenters. The van der Waals surface area contributed by atoms with Gasteiger partial charge >= 0.3 is 0 Å². The molecular formula is C25H41N5O2. The van der Waals surface area contributed by atoms with Crippen molar-refractivity contribution in [3.63, 3.8) is 0 Å². The van der Waals surface area contributed by atoms with Crippen LogP contribution in [0.2, 0.25) is 0 Å². The quantitative estimate of drug-likeness (QED) is 0.635. The van der Waals surface area contributed by atoms with Crippen LogP contribution in [0.1, 0.15) is 68.3 Å². The predicted molar refractivity (Wildman–Crippen MR) is 125 cm³/mol. The first-order valence-electron chi connectivity index (χ1n) is 13.1. The number of aromatic nitrogens is 2. The Morgan fingerprint density at radius 1 is 1.06 bits per heavy atom. The number of carbonyl (C=O) groups is 1. The number of hydrogen-bond acceptors (Lipinski definition) is 5. The van der Waals surface area contributed by atoms with Gasteiger partial charge in [0, 0.05) is 56.2 Å². The summed E-state index contributed by atoms with van der Waals surface area (Å²) in [5, 5.41) is 8.03. The van der Waals surface area contributed by atoms with Gasteiger partial charge in [-0.15, -0.1) is 0 Å². The summed E-state index contributed by atoms with van der Waals surface area (Å²) in [6.45, 7) is 9.15. The number of rotatable bonds is 9. The maximum Gasteiger partial charge on any atom is 0.220 e. The number of amides is 1. The third-order valence-electron chi connectivity index (χ3n) is 7.91. The first kappa shape index (κ1) is 22.4. The highest BCUT2D eigenvalue weighted by molar-refractivity contribution is 5.76. The van der Waals surface area contributed by atoms with Gasteiger partial charge < -0.3 is 19.9 Å². The zero-order valence-electron chi connectivity index (χ0n) is 19.7. The number of nitrogens with zero attached hydrogens (tertiary/aromatic N) is 4. The number of fused-ring (bicyclic) bond motifs is 1. The smallest absolute Gasteiger partial charge is 0.220 e. The molecule has 1 amide bonds. The van der Waals surface area contributed by atoms with Crippen LogP contribution in [0.5, 0.6) is 0 Å². The van der Waals surface area contributed by atoms with Gasteiger partial charge in [0.25, 0.3) is 0 Å². The molecule has 1 aromatic rings. The molecule has 1 aliphatic carbocycles. The maximum atomic E-state index is 12.5. The lowest BCUT2D eigenvalue weighted by Crippen LogP contribution is -2.48. The third-order valence-corrected chi connectivity index (χ3v) is 7.91. The van der Waals surface area contributed by atoms with Crippen LogP contribution in [-0.4, -0.2) is 77.4 Å². The molecule has 4 heterocycles. The van der Waals surface area contributed by atoms with Gasteiger partial charge in [-0.05, 0) is 70.6 Å². The van der Waals surface area contributed by atoms with E-state index in [9.17, 15) is 4.79 Å². The van der Waals surface area contributed by atoms with E-state index in [0.717, 1.165) is 56.7 Å². The molecule has 0 bridgehead atoms. The minimum Gasteiger partial charge on any atom is -0.376 e. The van der Waals surface area contributed by atoms with Crippen molar-refractivity contribution in [2.45, 2.75) is 83.4 Å². The number of nitrogens with one attached hydrogen (secondary N) is 1. The normalized spacial score (nSPS) is 23.2. The fraction of sp³-hybridized carbons (Fsp3) is 0.840. The molecule has 3 fully saturated rings. The van der Waals surface area contributed by atoms with Crippen molar-refractivity contribution in [1.82, 2.24) is 24.9 Å². The number of piperidine rings is 2. The Morgan fingerprint density at radius 2 is 1.88 bits per heavy atom. The number of likely N-dealkylation sites (tertiary alicyclic amines) is 2. The molecule has 0 radical (unpaired) electrons. The SMILES string of the molecule is O=C(CCc1nn(CC2CC2)c2c1COCC2)NCCN1CCC(N2CCCCC2)CC1. The molecule has 178 valence electrons. The molecule has 2 saturated heterocycles. The van der Waals surface area contributed by atoms with Crippen molar-refractivity contribution in [3.8, 4) is 0 Å². The first-order valence-corrected chi connectivity index (χ1v) is 13.1. The first-order chi connectivity index (χ1) is 15.8. The van der Waals surface area contributed by atoms with E-state index in [-0.39, 0.29) is 5.91 Å². The van der Waals surface area contributed by atoms with Crippen LogP contribution in [0.3, 0.4) is 0 Å². The summed E-state index contributed by atoms with van der Waals surface area (Å²) >= 11 is 0. The van der Waals surface area contributed by atoms with Crippen molar-refractivity contribution < 1.29 is 9.53 Å². The number of carbonyl (C=O) groups excluding carboxylic acids is 1. The van der Waals surface area contributed by atoms with E-state index in [1.165, 1.54) is 82.4 Å². The summed E-state index contributed by atoms with van der Waals surface area (Å²) < 4.78 is 7.91. The molecule has 0 aromatic carbocycles. The third kappa shape index (κ3) is 5.72. The van der Waals surface area contributed by atoms with Gasteiger partial charge in [0.2, 0.25) is 5.91 Å². The summed E-state index contributed by atoms with van der Waals surface area (Å²) in [4.78, 5) is 17.7.